The van der Waals surface area contributed by atoms with Crippen LogP contribution in [0.15, 0.2) is 35.4 Å². The summed E-state index contributed by atoms with van der Waals surface area (Å²) in [7, 11) is 5.27. The Kier molecular flexibility index (Phi) is 15.0. The van der Waals surface area contributed by atoms with Crippen molar-refractivity contribution in [3.63, 3.8) is 0 Å². The number of rotatable bonds is 8. The van der Waals surface area contributed by atoms with Crippen LogP contribution in [0, 0.1) is 17.8 Å². The monoisotopic (exact) mass is 731 g/mol. The Morgan fingerprint density at radius 3 is 2.35 bits per heavy atom. The SMILES string of the molecule is CO[C@]1(C)C[C@@H](C)CN(C(=O)OC(C)(C)C)[C@H](CN=[N+]=[N-])COC(=O)C(C)C(=O)[C@H](C)[C@H]1O[C@@H]1O[C@H](C)C[C@H](N(C)C)[C@H]1OC(=O)c1ccccc1. The lowest BCUT2D eigenvalue weighted by Gasteiger charge is -2.47. The fourth-order valence-electron chi connectivity index (χ4n) is 6.90. The zero-order valence-electron chi connectivity index (χ0n) is 32.4. The van der Waals surface area contributed by atoms with Gasteiger partial charge in [0.2, 0.25) is 0 Å². The van der Waals surface area contributed by atoms with E-state index in [-0.39, 0.29) is 44.2 Å². The van der Waals surface area contributed by atoms with Gasteiger partial charge in [-0.05, 0) is 92.1 Å². The molecule has 3 rings (SSSR count). The quantitative estimate of drug-likeness (QED) is 0.0834. The average molecular weight is 732 g/mol. The second-order valence-corrected chi connectivity index (χ2v) is 15.4. The third-order valence-electron chi connectivity index (χ3n) is 9.64. The van der Waals surface area contributed by atoms with Crippen LogP contribution >= 0.6 is 0 Å². The molecule has 0 saturated carbocycles. The van der Waals surface area contributed by atoms with E-state index < -0.39 is 71.4 Å². The number of ketones is 1. The zero-order chi connectivity index (χ0) is 39.0. The van der Waals surface area contributed by atoms with Crippen molar-refractivity contribution in [3.8, 4) is 0 Å². The first kappa shape index (κ1) is 42.7. The maximum atomic E-state index is 14.1. The van der Waals surface area contributed by atoms with Gasteiger partial charge in [0.25, 0.3) is 0 Å². The molecule has 15 heteroatoms. The predicted octanol–water partition coefficient (Wildman–Crippen LogP) is 5.41. The summed E-state index contributed by atoms with van der Waals surface area (Å²) in [6, 6.07) is 7.43. The summed E-state index contributed by atoms with van der Waals surface area (Å²) in [6.07, 6.45) is -3.26. The van der Waals surface area contributed by atoms with Crippen molar-refractivity contribution in [1.29, 1.82) is 0 Å². The molecule has 2 aliphatic heterocycles. The maximum absolute atomic E-state index is 14.1. The van der Waals surface area contributed by atoms with Crippen molar-refractivity contribution in [2.24, 2.45) is 22.9 Å². The molecular weight excluding hydrogens is 674 g/mol. The van der Waals surface area contributed by atoms with E-state index in [1.807, 2.05) is 32.8 Å². The molecule has 1 amide bonds. The Hall–Kier alpha value is -3.75. The molecule has 10 atom stereocenters. The molecule has 2 aliphatic rings. The number of azide groups is 1. The molecule has 0 spiro atoms. The molecule has 2 fully saturated rings. The first-order valence-corrected chi connectivity index (χ1v) is 17.8. The highest BCUT2D eigenvalue weighted by atomic mass is 16.7. The molecule has 0 radical (unpaired) electrons. The van der Waals surface area contributed by atoms with E-state index in [0.717, 1.165) is 0 Å². The third kappa shape index (κ3) is 11.1. The van der Waals surface area contributed by atoms with Crippen molar-refractivity contribution in [2.75, 3.05) is 40.9 Å². The molecule has 1 aromatic carbocycles. The fourth-order valence-corrected chi connectivity index (χ4v) is 6.90. The highest BCUT2D eigenvalue weighted by molar-refractivity contribution is 6.00. The van der Waals surface area contributed by atoms with Crippen molar-refractivity contribution < 1.29 is 47.6 Å². The second kappa shape index (κ2) is 18.3. The number of likely N-dealkylation sites (N-methyl/N-ethyl adjacent to an activating group) is 1. The average Bonchev–Trinajstić information content (AvgIpc) is 3.08. The fraction of sp³-hybridized carbons (Fsp3) is 0.730. The van der Waals surface area contributed by atoms with Gasteiger partial charge in [0.15, 0.2) is 18.2 Å². The van der Waals surface area contributed by atoms with Crippen LogP contribution in [0.5, 0.6) is 0 Å². The smallest absolute Gasteiger partial charge is 0.410 e. The van der Waals surface area contributed by atoms with E-state index in [1.165, 1.54) is 18.9 Å². The Morgan fingerprint density at radius 2 is 1.77 bits per heavy atom. The first-order valence-electron chi connectivity index (χ1n) is 17.8. The molecule has 2 heterocycles. The first-order chi connectivity index (χ1) is 24.3. The minimum atomic E-state index is -1.23. The van der Waals surface area contributed by atoms with Crippen LogP contribution in [0.2, 0.25) is 0 Å². The van der Waals surface area contributed by atoms with Gasteiger partial charge in [-0.3, -0.25) is 9.59 Å². The van der Waals surface area contributed by atoms with Crippen molar-refractivity contribution in [3.05, 3.63) is 46.3 Å². The van der Waals surface area contributed by atoms with E-state index >= 15 is 0 Å². The summed E-state index contributed by atoms with van der Waals surface area (Å²) in [5.74, 6) is -4.33. The molecule has 1 aromatic rings. The van der Waals surface area contributed by atoms with Gasteiger partial charge in [-0.1, -0.05) is 37.2 Å². The zero-order valence-corrected chi connectivity index (χ0v) is 32.4. The summed E-state index contributed by atoms with van der Waals surface area (Å²) in [5, 5.41) is 3.68. The number of hydrogen-bond donors (Lipinski definition) is 0. The number of benzene rings is 1. The molecule has 0 aliphatic carbocycles. The van der Waals surface area contributed by atoms with Crippen LogP contribution in [0.3, 0.4) is 0 Å². The molecule has 0 bridgehead atoms. The van der Waals surface area contributed by atoms with Crippen molar-refractivity contribution >= 4 is 23.8 Å². The molecule has 2 saturated heterocycles. The topological polar surface area (TPSA) is 179 Å². The number of methoxy groups -OCH3 is 1. The Bertz CT molecular complexity index is 1430. The summed E-state index contributed by atoms with van der Waals surface area (Å²) in [5.41, 5.74) is 7.42. The van der Waals surface area contributed by atoms with Crippen LogP contribution in [-0.2, 0) is 38.0 Å². The van der Waals surface area contributed by atoms with Gasteiger partial charge in [-0.2, -0.15) is 0 Å². The van der Waals surface area contributed by atoms with Gasteiger partial charge in [0, 0.05) is 31.0 Å². The van der Waals surface area contributed by atoms with Gasteiger partial charge in [0.05, 0.1) is 35.5 Å². The van der Waals surface area contributed by atoms with Gasteiger partial charge in [-0.25, -0.2) is 9.59 Å². The predicted molar refractivity (Wildman–Crippen MR) is 191 cm³/mol. The highest BCUT2D eigenvalue weighted by Crippen LogP contribution is 2.37. The lowest BCUT2D eigenvalue weighted by molar-refractivity contribution is -0.294. The molecule has 290 valence electrons. The van der Waals surface area contributed by atoms with E-state index in [1.54, 1.807) is 65.0 Å². The third-order valence-corrected chi connectivity index (χ3v) is 9.64. The summed E-state index contributed by atoms with van der Waals surface area (Å²) < 4.78 is 36.8. The number of Topliss-reactive ketones (excluding diaryl/α,β-unsaturated/α-hetero) is 1. The minimum absolute atomic E-state index is 0.0958. The van der Waals surface area contributed by atoms with Crippen molar-refractivity contribution in [2.45, 2.75) is 116 Å². The normalized spacial score (nSPS) is 32.4. The van der Waals surface area contributed by atoms with Gasteiger partial charge in [-0.15, -0.1) is 0 Å². The van der Waals surface area contributed by atoms with Gasteiger partial charge < -0.3 is 38.2 Å². The number of carbonyl (C=O) groups excluding carboxylic acids is 4. The largest absolute Gasteiger partial charge is 0.463 e. The van der Waals surface area contributed by atoms with Gasteiger partial charge in [0.1, 0.15) is 18.1 Å². The molecule has 15 nitrogen and oxygen atoms in total. The molecular formula is C37H57N5O10. The van der Waals surface area contributed by atoms with Gasteiger partial charge >= 0.3 is 18.0 Å². The van der Waals surface area contributed by atoms with Crippen LogP contribution in [0.25, 0.3) is 10.4 Å². The van der Waals surface area contributed by atoms with Crippen LogP contribution in [0.4, 0.5) is 4.79 Å². The van der Waals surface area contributed by atoms with Crippen LogP contribution in [0.1, 0.15) is 78.6 Å². The van der Waals surface area contributed by atoms with E-state index in [9.17, 15) is 19.2 Å². The second-order valence-electron chi connectivity index (χ2n) is 15.4. The lowest BCUT2D eigenvalue weighted by Crippen LogP contribution is -2.60. The number of cyclic esters (lactones) is 1. The Morgan fingerprint density at radius 1 is 1.12 bits per heavy atom. The molecule has 1 unspecified atom stereocenters. The molecule has 0 N–H and O–H groups in total. The Balaban J connectivity index is 2.10. The Labute approximate surface area is 307 Å². The summed E-state index contributed by atoms with van der Waals surface area (Å²) >= 11 is 0. The standard InChI is InChI=1S/C37H57N5O10/c1-22-18-37(8,47-11)31(51-34-30(28(41(9)10)17-23(2)49-34)50-33(45)26-15-13-12-14-16-26)24(3)29(43)25(4)32(44)48-21-27(19-39-40-38)42(20-22)35(46)52-36(5,6)7/h12-16,22-25,27-28,30-31,34H,17-21H2,1-11H3/t22-,23-,24+,25?,27-,28+,30-,31-,34+,37-/m1/s1. The van der Waals surface area contributed by atoms with Crippen LogP contribution < -0.4 is 0 Å². The van der Waals surface area contributed by atoms with E-state index in [2.05, 4.69) is 10.0 Å². The van der Waals surface area contributed by atoms with Crippen molar-refractivity contribution in [1.82, 2.24) is 9.80 Å². The van der Waals surface area contributed by atoms with E-state index in [4.69, 9.17) is 34.0 Å². The minimum Gasteiger partial charge on any atom is -0.463 e. The number of amides is 1. The van der Waals surface area contributed by atoms with Crippen LogP contribution in [-0.4, -0.2) is 122 Å². The molecule has 0 aromatic heterocycles. The number of carbonyl (C=O) groups is 4. The summed E-state index contributed by atoms with van der Waals surface area (Å²) in [4.78, 5) is 60.8. The maximum Gasteiger partial charge on any atom is 0.410 e. The van der Waals surface area contributed by atoms with E-state index in [0.29, 0.717) is 12.0 Å². The molecule has 52 heavy (non-hydrogen) atoms. The number of nitrogens with zero attached hydrogens (tertiary/aromatic N) is 5. The number of ether oxygens (including phenoxy) is 6. The lowest BCUT2D eigenvalue weighted by atomic mass is 9.78. The highest BCUT2D eigenvalue weighted by Gasteiger charge is 2.50. The number of esters is 2. The number of hydrogen-bond acceptors (Lipinski definition) is 12. The summed E-state index contributed by atoms with van der Waals surface area (Å²) in [6.45, 7) is 13.5.